The summed E-state index contributed by atoms with van der Waals surface area (Å²) in [5.74, 6) is 1.87. The molecule has 6 heteroatoms. The number of rotatable bonds is 0. The van der Waals surface area contributed by atoms with Crippen molar-refractivity contribution in [1.82, 2.24) is 15.0 Å². The van der Waals surface area contributed by atoms with E-state index in [-0.39, 0.29) is 0 Å². The van der Waals surface area contributed by atoms with Crippen LogP contribution in [0, 0.1) is 0 Å². The Hall–Kier alpha value is -2.63. The van der Waals surface area contributed by atoms with Crippen molar-refractivity contribution in [2.75, 3.05) is 18.9 Å². The lowest BCUT2D eigenvalue weighted by atomic mass is 10.1. The van der Waals surface area contributed by atoms with Crippen LogP contribution in [0.25, 0.3) is 21.9 Å². The van der Waals surface area contributed by atoms with Crippen molar-refractivity contribution < 1.29 is 9.47 Å². The Morgan fingerprint density at radius 3 is 2.63 bits per heavy atom. The predicted molar refractivity (Wildman–Crippen MR) is 70.2 cm³/mol. The van der Waals surface area contributed by atoms with Gasteiger partial charge in [0, 0.05) is 11.5 Å². The minimum absolute atomic E-state index is 0.425. The highest BCUT2D eigenvalue weighted by molar-refractivity contribution is 5.96. The molecule has 2 aromatic heterocycles. The molecular formula is C13H10N4O2. The van der Waals surface area contributed by atoms with Gasteiger partial charge in [0.15, 0.2) is 17.1 Å². The van der Waals surface area contributed by atoms with E-state index >= 15 is 0 Å². The van der Waals surface area contributed by atoms with E-state index in [1.54, 1.807) is 0 Å². The largest absolute Gasteiger partial charge is 0.486 e. The molecule has 3 aromatic rings. The number of benzene rings is 1. The standard InChI is InChI=1S/C13H10N4O2/c14-12-8-3-7-4-10-11(19-2-1-18-10)5-9(7)17-13(8)16-6-15-12/h3-6H,1-2H2,(H2,14,15,16,17). The Balaban J connectivity index is 2.07. The van der Waals surface area contributed by atoms with Crippen molar-refractivity contribution >= 4 is 27.8 Å². The van der Waals surface area contributed by atoms with Crippen molar-refractivity contribution in [2.24, 2.45) is 0 Å². The maximum absolute atomic E-state index is 5.84. The monoisotopic (exact) mass is 254 g/mol. The molecule has 0 fully saturated rings. The SMILES string of the molecule is Nc1ncnc2nc3cc4c(cc3cc12)OCCO4. The van der Waals surface area contributed by atoms with Crippen LogP contribution in [-0.4, -0.2) is 28.2 Å². The van der Waals surface area contributed by atoms with E-state index < -0.39 is 0 Å². The summed E-state index contributed by atoms with van der Waals surface area (Å²) >= 11 is 0. The number of nitrogens with two attached hydrogens (primary N) is 1. The Kier molecular flexibility index (Phi) is 2.00. The zero-order valence-corrected chi connectivity index (χ0v) is 9.96. The first-order valence-electron chi connectivity index (χ1n) is 5.92. The van der Waals surface area contributed by atoms with Crippen LogP contribution in [0.2, 0.25) is 0 Å². The number of ether oxygens (including phenoxy) is 2. The summed E-state index contributed by atoms with van der Waals surface area (Å²) in [7, 11) is 0. The fraction of sp³-hybridized carbons (Fsp3) is 0.154. The van der Waals surface area contributed by atoms with Gasteiger partial charge in [0.2, 0.25) is 0 Å². The predicted octanol–water partition coefficient (Wildman–Crippen LogP) is 1.53. The van der Waals surface area contributed by atoms with Crippen molar-refractivity contribution in [3.63, 3.8) is 0 Å². The fourth-order valence-electron chi connectivity index (χ4n) is 2.20. The van der Waals surface area contributed by atoms with E-state index in [1.165, 1.54) is 6.33 Å². The molecule has 0 amide bonds. The van der Waals surface area contributed by atoms with E-state index in [2.05, 4.69) is 15.0 Å². The molecule has 6 nitrogen and oxygen atoms in total. The van der Waals surface area contributed by atoms with E-state index in [0.29, 0.717) is 30.4 Å². The third kappa shape index (κ3) is 1.53. The lowest BCUT2D eigenvalue weighted by Gasteiger charge is -2.18. The van der Waals surface area contributed by atoms with Crippen LogP contribution in [0.15, 0.2) is 24.5 Å². The molecule has 0 saturated carbocycles. The fourth-order valence-corrected chi connectivity index (χ4v) is 2.20. The van der Waals surface area contributed by atoms with E-state index in [1.807, 2.05) is 18.2 Å². The van der Waals surface area contributed by atoms with Gasteiger partial charge in [0.25, 0.3) is 0 Å². The average Bonchev–Trinajstić information content (AvgIpc) is 2.44. The molecule has 3 heterocycles. The Labute approximate surface area is 108 Å². The highest BCUT2D eigenvalue weighted by Gasteiger charge is 2.14. The first-order chi connectivity index (χ1) is 9.31. The molecule has 0 saturated heterocycles. The quantitative estimate of drug-likeness (QED) is 0.612. The van der Waals surface area contributed by atoms with Gasteiger partial charge in [-0.25, -0.2) is 15.0 Å². The zero-order valence-electron chi connectivity index (χ0n) is 9.96. The molecule has 1 aliphatic heterocycles. The van der Waals surface area contributed by atoms with Crippen LogP contribution in [0.3, 0.4) is 0 Å². The Bertz CT molecular complexity index is 803. The summed E-state index contributed by atoms with van der Waals surface area (Å²) in [6.07, 6.45) is 1.41. The highest BCUT2D eigenvalue weighted by Crippen LogP contribution is 2.35. The number of hydrogen-bond donors (Lipinski definition) is 1. The second-order valence-corrected chi connectivity index (χ2v) is 4.31. The molecule has 2 N–H and O–H groups in total. The number of hydrogen-bond acceptors (Lipinski definition) is 6. The third-order valence-corrected chi connectivity index (χ3v) is 3.11. The zero-order chi connectivity index (χ0) is 12.8. The Morgan fingerprint density at radius 2 is 1.79 bits per heavy atom. The molecule has 19 heavy (non-hydrogen) atoms. The normalized spacial score (nSPS) is 13.9. The lowest BCUT2D eigenvalue weighted by molar-refractivity contribution is 0.172. The number of aromatic nitrogens is 3. The van der Waals surface area contributed by atoms with Crippen LogP contribution in [-0.2, 0) is 0 Å². The molecule has 0 radical (unpaired) electrons. The van der Waals surface area contributed by atoms with Gasteiger partial charge in [0.1, 0.15) is 25.4 Å². The Morgan fingerprint density at radius 1 is 1.00 bits per heavy atom. The summed E-state index contributed by atoms with van der Waals surface area (Å²) in [6.45, 7) is 1.12. The van der Waals surface area contributed by atoms with Crippen LogP contribution in [0.1, 0.15) is 0 Å². The summed E-state index contributed by atoms with van der Waals surface area (Å²) in [5, 5.41) is 1.67. The second kappa shape index (κ2) is 3.68. The molecule has 0 atom stereocenters. The van der Waals surface area contributed by atoms with Crippen molar-refractivity contribution in [2.45, 2.75) is 0 Å². The van der Waals surface area contributed by atoms with Gasteiger partial charge in [-0.2, -0.15) is 0 Å². The number of pyridine rings is 1. The summed E-state index contributed by atoms with van der Waals surface area (Å²) in [6, 6.07) is 5.69. The maximum atomic E-state index is 5.84. The van der Waals surface area contributed by atoms with E-state index in [0.717, 1.165) is 22.0 Å². The van der Waals surface area contributed by atoms with Gasteiger partial charge >= 0.3 is 0 Å². The number of nitrogens with zero attached hydrogens (tertiary/aromatic N) is 3. The van der Waals surface area contributed by atoms with E-state index in [9.17, 15) is 0 Å². The first-order valence-corrected chi connectivity index (χ1v) is 5.92. The second-order valence-electron chi connectivity index (χ2n) is 4.31. The average molecular weight is 254 g/mol. The molecule has 4 rings (SSSR count). The topological polar surface area (TPSA) is 83.2 Å². The van der Waals surface area contributed by atoms with Crippen molar-refractivity contribution in [3.8, 4) is 11.5 Å². The van der Waals surface area contributed by atoms with E-state index in [4.69, 9.17) is 15.2 Å². The number of nitrogen functional groups attached to an aromatic ring is 1. The van der Waals surface area contributed by atoms with Crippen molar-refractivity contribution in [1.29, 1.82) is 0 Å². The number of fused-ring (bicyclic) bond motifs is 3. The van der Waals surface area contributed by atoms with Crippen LogP contribution in [0.5, 0.6) is 11.5 Å². The lowest BCUT2D eigenvalue weighted by Crippen LogP contribution is -2.15. The van der Waals surface area contributed by atoms with Gasteiger partial charge in [-0.1, -0.05) is 0 Å². The van der Waals surface area contributed by atoms with Crippen LogP contribution >= 0.6 is 0 Å². The van der Waals surface area contributed by atoms with Gasteiger partial charge in [-0.15, -0.1) is 0 Å². The van der Waals surface area contributed by atoms with Crippen LogP contribution in [0.4, 0.5) is 5.82 Å². The van der Waals surface area contributed by atoms with Gasteiger partial charge in [-0.05, 0) is 12.1 Å². The molecular weight excluding hydrogens is 244 g/mol. The molecule has 0 bridgehead atoms. The molecule has 0 aliphatic carbocycles. The third-order valence-electron chi connectivity index (χ3n) is 3.11. The summed E-state index contributed by atoms with van der Waals surface area (Å²) < 4.78 is 11.1. The first kappa shape index (κ1) is 10.3. The highest BCUT2D eigenvalue weighted by atomic mass is 16.6. The van der Waals surface area contributed by atoms with Gasteiger partial charge in [0.05, 0.1) is 10.9 Å². The molecule has 1 aliphatic rings. The summed E-state index contributed by atoms with van der Waals surface area (Å²) in [5.41, 5.74) is 7.22. The maximum Gasteiger partial charge on any atom is 0.165 e. The van der Waals surface area contributed by atoms with Crippen LogP contribution < -0.4 is 15.2 Å². The molecule has 94 valence electrons. The van der Waals surface area contributed by atoms with Gasteiger partial charge < -0.3 is 15.2 Å². The molecule has 0 spiro atoms. The minimum Gasteiger partial charge on any atom is -0.486 e. The van der Waals surface area contributed by atoms with Gasteiger partial charge in [-0.3, -0.25) is 0 Å². The molecule has 1 aromatic carbocycles. The minimum atomic E-state index is 0.425. The summed E-state index contributed by atoms with van der Waals surface area (Å²) in [4.78, 5) is 12.6. The van der Waals surface area contributed by atoms with Crippen molar-refractivity contribution in [3.05, 3.63) is 24.5 Å². The smallest absolute Gasteiger partial charge is 0.165 e. The number of anilines is 1. The molecule has 0 unspecified atom stereocenters.